The van der Waals surface area contributed by atoms with E-state index in [1.807, 2.05) is 0 Å². The van der Waals surface area contributed by atoms with Crippen LogP contribution in [0.1, 0.15) is 26.3 Å². The van der Waals surface area contributed by atoms with Gasteiger partial charge < -0.3 is 0 Å². The highest BCUT2D eigenvalue weighted by molar-refractivity contribution is 9.10. The highest BCUT2D eigenvalue weighted by atomic mass is 79.9. The molecule has 0 aliphatic heterocycles. The number of rotatable bonds is 5. The first-order valence-electron chi connectivity index (χ1n) is 7.89. The van der Waals surface area contributed by atoms with Crippen molar-refractivity contribution in [2.75, 3.05) is 0 Å². The zero-order valence-corrected chi connectivity index (χ0v) is 18.1. The lowest BCUT2D eigenvalue weighted by Crippen LogP contribution is -2.32. The molecular formula is C18H19BrFNO4S2. The van der Waals surface area contributed by atoms with Crippen molar-refractivity contribution >= 4 is 41.5 Å². The number of benzene rings is 2. The summed E-state index contributed by atoms with van der Waals surface area (Å²) in [6.07, 6.45) is 0. The molecule has 2 aromatic rings. The first kappa shape index (κ1) is 21.7. The maximum absolute atomic E-state index is 15.3. The highest BCUT2D eigenvalue weighted by Crippen LogP contribution is 2.26. The third kappa shape index (κ3) is 4.83. The summed E-state index contributed by atoms with van der Waals surface area (Å²) in [6, 6.07) is 13.0. The molecule has 0 saturated carbocycles. The predicted molar refractivity (Wildman–Crippen MR) is 108 cm³/mol. The molecule has 5 nitrogen and oxygen atoms in total. The highest BCUT2D eigenvalue weighted by Gasteiger charge is 2.37. The van der Waals surface area contributed by atoms with Crippen LogP contribution in [-0.2, 0) is 19.9 Å². The molecule has 9 heteroatoms. The molecule has 146 valence electrons. The van der Waals surface area contributed by atoms with Crippen molar-refractivity contribution in [3.63, 3.8) is 0 Å². The summed E-state index contributed by atoms with van der Waals surface area (Å²) in [4.78, 5) is -0.256. The van der Waals surface area contributed by atoms with Crippen molar-refractivity contribution in [3.8, 4) is 0 Å². The summed E-state index contributed by atoms with van der Waals surface area (Å²) in [7, 11) is -8.67. The topological polar surface area (TPSA) is 80.6 Å². The Labute approximate surface area is 167 Å². The Kier molecular flexibility index (Phi) is 6.28. The molecule has 2 rings (SSSR count). The molecule has 0 bridgehead atoms. The molecule has 0 N–H and O–H groups in total. The van der Waals surface area contributed by atoms with Crippen LogP contribution in [0.5, 0.6) is 0 Å². The number of sulfone groups is 1. The molecule has 0 aromatic heterocycles. The summed E-state index contributed by atoms with van der Waals surface area (Å²) in [5, 5.41) is 0. The van der Waals surface area contributed by atoms with Crippen LogP contribution in [0.15, 0.2) is 68.4 Å². The lowest BCUT2D eigenvalue weighted by molar-refractivity contribution is 0.490. The van der Waals surface area contributed by atoms with Crippen molar-refractivity contribution < 1.29 is 21.2 Å². The number of halogens is 2. The summed E-state index contributed by atoms with van der Waals surface area (Å²) in [6.45, 7) is 4.22. The smallest absolute Gasteiger partial charge is 0.222 e. The number of hydrogen-bond donors (Lipinski definition) is 0. The Balaban J connectivity index is 2.71. The standard InChI is InChI=1S/C18H19BrFNO4S2/c1-18(2,3)27(24,25)21-16(13-8-7-9-14(19)12-13)17(20)26(22,23)15-10-5-4-6-11-15/h4-12,17H,1-3H3. The van der Waals surface area contributed by atoms with Gasteiger partial charge in [0.25, 0.3) is 10.0 Å². The summed E-state index contributed by atoms with van der Waals surface area (Å²) in [5.74, 6) is 0. The number of nitrogens with zero attached hydrogens (tertiary/aromatic N) is 1. The van der Waals surface area contributed by atoms with Gasteiger partial charge in [-0.15, -0.1) is 0 Å². The number of sulfonamides is 1. The fraction of sp³-hybridized carbons (Fsp3) is 0.278. The van der Waals surface area contributed by atoms with Crippen LogP contribution in [0.4, 0.5) is 4.39 Å². The molecule has 0 amide bonds. The fourth-order valence-electron chi connectivity index (χ4n) is 2.02. The Morgan fingerprint density at radius 2 is 1.59 bits per heavy atom. The van der Waals surface area contributed by atoms with Crippen molar-refractivity contribution in [1.82, 2.24) is 0 Å². The van der Waals surface area contributed by atoms with Crippen LogP contribution < -0.4 is 0 Å². The van der Waals surface area contributed by atoms with E-state index in [1.165, 1.54) is 57.2 Å². The van der Waals surface area contributed by atoms with Gasteiger partial charge in [-0.05, 0) is 45.0 Å². The molecule has 1 unspecified atom stereocenters. The van der Waals surface area contributed by atoms with E-state index in [4.69, 9.17) is 0 Å². The first-order valence-corrected chi connectivity index (χ1v) is 11.7. The molecule has 2 aromatic carbocycles. The van der Waals surface area contributed by atoms with Gasteiger partial charge in [0.15, 0.2) is 0 Å². The van der Waals surface area contributed by atoms with Crippen molar-refractivity contribution in [2.45, 2.75) is 35.9 Å². The molecule has 0 fully saturated rings. The van der Waals surface area contributed by atoms with Crippen molar-refractivity contribution in [1.29, 1.82) is 0 Å². The summed E-state index contributed by atoms with van der Waals surface area (Å²) < 4.78 is 68.5. The predicted octanol–water partition coefficient (Wildman–Crippen LogP) is 4.14. The Hall–Kier alpha value is -1.58. The lowest BCUT2D eigenvalue weighted by atomic mass is 10.1. The van der Waals surface area contributed by atoms with Gasteiger partial charge in [-0.3, -0.25) is 0 Å². The maximum Gasteiger partial charge on any atom is 0.258 e. The van der Waals surface area contributed by atoms with Crippen LogP contribution in [0.3, 0.4) is 0 Å². The molecule has 0 heterocycles. The minimum atomic E-state index is -4.49. The zero-order valence-electron chi connectivity index (χ0n) is 14.9. The van der Waals surface area contributed by atoms with E-state index in [2.05, 4.69) is 20.3 Å². The van der Waals surface area contributed by atoms with Crippen LogP contribution >= 0.6 is 15.9 Å². The van der Waals surface area contributed by atoms with Crippen LogP contribution in [-0.4, -0.2) is 32.8 Å². The van der Waals surface area contributed by atoms with Crippen LogP contribution in [0.25, 0.3) is 0 Å². The van der Waals surface area contributed by atoms with Gasteiger partial charge in [0.05, 0.1) is 9.64 Å². The minimum Gasteiger partial charge on any atom is -0.222 e. The maximum atomic E-state index is 15.3. The lowest BCUT2D eigenvalue weighted by Gasteiger charge is -2.19. The van der Waals surface area contributed by atoms with Gasteiger partial charge in [-0.2, -0.15) is 4.40 Å². The Bertz CT molecular complexity index is 1060. The first-order chi connectivity index (χ1) is 12.4. The molecule has 27 heavy (non-hydrogen) atoms. The number of alkyl halides is 1. The largest absolute Gasteiger partial charge is 0.258 e. The normalized spacial score (nSPS) is 14.8. The van der Waals surface area contributed by atoms with Gasteiger partial charge in [-0.1, -0.05) is 46.3 Å². The third-order valence-corrected chi connectivity index (χ3v) is 7.85. The fourth-order valence-corrected chi connectivity index (χ4v) is 4.47. The molecule has 0 aliphatic rings. The minimum absolute atomic E-state index is 0.0595. The quantitative estimate of drug-likeness (QED) is 0.608. The molecule has 0 saturated heterocycles. The van der Waals surface area contributed by atoms with E-state index in [1.54, 1.807) is 18.2 Å². The van der Waals surface area contributed by atoms with E-state index >= 15 is 4.39 Å². The zero-order chi connectivity index (χ0) is 20.5. The monoisotopic (exact) mass is 475 g/mol. The third-order valence-electron chi connectivity index (χ3n) is 3.67. The van der Waals surface area contributed by atoms with E-state index in [9.17, 15) is 16.8 Å². The van der Waals surface area contributed by atoms with Crippen molar-refractivity contribution in [2.24, 2.45) is 4.40 Å². The molecule has 0 spiro atoms. The molecule has 0 radical (unpaired) electrons. The van der Waals surface area contributed by atoms with Gasteiger partial charge in [0.1, 0.15) is 5.71 Å². The SMILES string of the molecule is CC(C)(C)S(=O)(=O)N=C(c1cccc(Br)c1)C(F)S(=O)(=O)c1ccccc1. The van der Waals surface area contributed by atoms with Gasteiger partial charge in [0.2, 0.25) is 15.3 Å². The second-order valence-corrected chi connectivity index (χ2v) is 12.0. The van der Waals surface area contributed by atoms with Crippen LogP contribution in [0.2, 0.25) is 0 Å². The second-order valence-electron chi connectivity index (χ2n) is 6.75. The van der Waals surface area contributed by atoms with Gasteiger partial charge in [-0.25, -0.2) is 21.2 Å². The molecular weight excluding hydrogens is 457 g/mol. The van der Waals surface area contributed by atoms with Gasteiger partial charge >= 0.3 is 0 Å². The van der Waals surface area contributed by atoms with Crippen LogP contribution in [0, 0.1) is 0 Å². The van der Waals surface area contributed by atoms with Gasteiger partial charge in [0, 0.05) is 10.0 Å². The van der Waals surface area contributed by atoms with E-state index < -0.39 is 35.8 Å². The second kappa shape index (κ2) is 7.81. The Morgan fingerprint density at radius 1 is 1.00 bits per heavy atom. The molecule has 0 aliphatic carbocycles. The van der Waals surface area contributed by atoms with Crippen molar-refractivity contribution in [3.05, 3.63) is 64.6 Å². The summed E-state index contributed by atoms with van der Waals surface area (Å²) >= 11 is 3.22. The number of hydrogen-bond acceptors (Lipinski definition) is 4. The average Bonchev–Trinajstić information content (AvgIpc) is 2.59. The summed E-state index contributed by atoms with van der Waals surface area (Å²) in [5.41, 5.74) is -3.26. The average molecular weight is 476 g/mol. The van der Waals surface area contributed by atoms with E-state index in [-0.39, 0.29) is 10.5 Å². The van der Waals surface area contributed by atoms with E-state index in [0.717, 1.165) is 0 Å². The Morgan fingerprint density at radius 3 is 2.11 bits per heavy atom. The van der Waals surface area contributed by atoms with E-state index in [0.29, 0.717) is 4.47 Å². The molecule has 1 atom stereocenters.